The van der Waals surface area contributed by atoms with Crippen LogP contribution in [0.4, 0.5) is 0 Å². The van der Waals surface area contributed by atoms with E-state index in [-0.39, 0.29) is 0 Å². The van der Waals surface area contributed by atoms with Crippen molar-refractivity contribution in [2.24, 2.45) is 11.8 Å². The molecule has 3 aromatic rings. The number of ether oxygens (including phenoxy) is 1. The summed E-state index contributed by atoms with van der Waals surface area (Å²) in [5.41, 5.74) is 2.13. The average Bonchev–Trinajstić information content (AvgIpc) is 3.33. The first kappa shape index (κ1) is 23.3. The summed E-state index contributed by atoms with van der Waals surface area (Å²) in [4.78, 5) is 18.3. The highest BCUT2D eigenvalue weighted by Gasteiger charge is 2.60. The maximum absolute atomic E-state index is 6.85. The van der Waals surface area contributed by atoms with Crippen LogP contribution in [0.25, 0.3) is 22.8 Å². The average molecular weight is 507 g/mol. The summed E-state index contributed by atoms with van der Waals surface area (Å²) >= 11 is 0. The van der Waals surface area contributed by atoms with Gasteiger partial charge in [0.15, 0.2) is 11.6 Å². The van der Waals surface area contributed by atoms with Crippen molar-refractivity contribution < 1.29 is 4.74 Å². The van der Waals surface area contributed by atoms with Gasteiger partial charge in [0, 0.05) is 35.2 Å². The zero-order valence-electron chi connectivity index (χ0n) is 22.2. The van der Waals surface area contributed by atoms with Gasteiger partial charge in [-0.25, -0.2) is 15.0 Å². The summed E-state index contributed by atoms with van der Waals surface area (Å²) in [6, 6.07) is 22.9. The molecule has 0 amide bonds. The van der Waals surface area contributed by atoms with Gasteiger partial charge in [0.25, 0.3) is 0 Å². The third kappa shape index (κ3) is 3.84. The van der Waals surface area contributed by atoms with Crippen LogP contribution < -0.4 is 0 Å². The van der Waals surface area contributed by atoms with Crippen LogP contribution in [0.2, 0.25) is 0 Å². The topological polar surface area (TPSA) is 51.1 Å². The summed E-state index contributed by atoms with van der Waals surface area (Å²) < 4.78 is 6.85. The Labute approximate surface area is 226 Å². The smallest absolute Gasteiger partial charge is 0.163 e. The molecule has 0 N–H and O–H groups in total. The standard InChI is InChI=1S/C33H38N4O/c1-3-10-21(11-4-1)31-34-32(22-12-5-2-6-13-22)36-33(35-31)23-18-19-26-25(20-23)24-14-9-17-29-30(24)37(26)27-15-7-8-16-28(27)38-29/h1-6,10-13,23-30H,7-9,14-20H2. The molecule has 2 aromatic carbocycles. The van der Waals surface area contributed by atoms with Gasteiger partial charge in [-0.3, -0.25) is 4.90 Å². The molecule has 3 aliphatic carbocycles. The third-order valence-electron chi connectivity index (χ3n) is 10.5. The number of rotatable bonds is 3. The lowest BCUT2D eigenvalue weighted by Crippen LogP contribution is -2.63. The van der Waals surface area contributed by atoms with E-state index in [1.165, 1.54) is 64.2 Å². The monoisotopic (exact) mass is 506 g/mol. The highest BCUT2D eigenvalue weighted by Crippen LogP contribution is 2.56. The van der Waals surface area contributed by atoms with Gasteiger partial charge in [0.1, 0.15) is 5.82 Å². The van der Waals surface area contributed by atoms with Crippen LogP contribution in [0.15, 0.2) is 60.7 Å². The van der Waals surface area contributed by atoms with Crippen molar-refractivity contribution in [1.29, 1.82) is 0 Å². The van der Waals surface area contributed by atoms with Gasteiger partial charge in [-0.2, -0.15) is 0 Å². The number of benzene rings is 2. The molecule has 5 fully saturated rings. The van der Waals surface area contributed by atoms with Crippen molar-refractivity contribution in [2.45, 2.75) is 100 Å². The Kier molecular flexibility index (Phi) is 5.84. The zero-order chi connectivity index (χ0) is 25.1. The lowest BCUT2D eigenvalue weighted by molar-refractivity contribution is -0.177. The summed E-state index contributed by atoms with van der Waals surface area (Å²) in [5.74, 6) is 4.51. The maximum atomic E-state index is 6.85. The Morgan fingerprint density at radius 3 is 2.03 bits per heavy atom. The zero-order valence-corrected chi connectivity index (χ0v) is 22.2. The van der Waals surface area contributed by atoms with Crippen LogP contribution in [0.3, 0.4) is 0 Å². The van der Waals surface area contributed by atoms with E-state index in [2.05, 4.69) is 65.6 Å². The van der Waals surface area contributed by atoms with Crippen LogP contribution in [-0.4, -0.2) is 50.2 Å². The fourth-order valence-electron chi connectivity index (χ4n) is 8.95. The molecular weight excluding hydrogens is 468 g/mol. The number of hydrogen-bond donors (Lipinski definition) is 0. The molecule has 3 saturated carbocycles. The summed E-state index contributed by atoms with van der Waals surface area (Å²) in [6.07, 6.45) is 13.9. The number of morpholine rings is 1. The van der Waals surface area contributed by atoms with Crippen molar-refractivity contribution in [3.8, 4) is 22.8 Å². The Balaban J connectivity index is 1.14. The van der Waals surface area contributed by atoms with E-state index in [1.807, 2.05) is 0 Å². The third-order valence-corrected chi connectivity index (χ3v) is 10.5. The predicted octanol–water partition coefficient (Wildman–Crippen LogP) is 6.65. The van der Waals surface area contributed by atoms with Crippen molar-refractivity contribution in [3.63, 3.8) is 0 Å². The van der Waals surface area contributed by atoms with E-state index < -0.39 is 0 Å². The van der Waals surface area contributed by atoms with Gasteiger partial charge >= 0.3 is 0 Å². The second kappa shape index (κ2) is 9.53. The second-order valence-corrected chi connectivity index (χ2v) is 12.4. The summed E-state index contributed by atoms with van der Waals surface area (Å²) in [6.45, 7) is 0. The number of aromatic nitrogens is 3. The van der Waals surface area contributed by atoms with Gasteiger partial charge in [-0.15, -0.1) is 0 Å². The van der Waals surface area contributed by atoms with E-state index in [9.17, 15) is 0 Å². The molecule has 8 rings (SSSR count). The molecule has 2 saturated heterocycles. The fraction of sp³-hybridized carbons (Fsp3) is 0.545. The van der Waals surface area contributed by atoms with E-state index in [0.29, 0.717) is 30.2 Å². The lowest BCUT2D eigenvalue weighted by atomic mass is 9.69. The van der Waals surface area contributed by atoms with Gasteiger partial charge in [0.2, 0.25) is 0 Å². The molecule has 3 heterocycles. The van der Waals surface area contributed by atoms with Crippen LogP contribution in [0.1, 0.15) is 76.0 Å². The first-order valence-corrected chi connectivity index (χ1v) is 15.1. The SMILES string of the molecule is c1ccc(-c2nc(-c3ccccc3)nc(C3CCC4C(C3)C3CCCC5OC6CCCCC6N4C53)n2)cc1. The quantitative estimate of drug-likeness (QED) is 0.398. The molecule has 0 radical (unpaired) electrons. The van der Waals surface area contributed by atoms with Crippen molar-refractivity contribution >= 4 is 0 Å². The molecule has 5 nitrogen and oxygen atoms in total. The second-order valence-electron chi connectivity index (χ2n) is 12.4. The van der Waals surface area contributed by atoms with Crippen molar-refractivity contribution in [1.82, 2.24) is 19.9 Å². The molecule has 0 spiro atoms. The minimum atomic E-state index is 0.397. The largest absolute Gasteiger partial charge is 0.372 e. The van der Waals surface area contributed by atoms with Gasteiger partial charge in [-0.1, -0.05) is 79.9 Å². The summed E-state index contributed by atoms with van der Waals surface area (Å²) in [7, 11) is 0. The Morgan fingerprint density at radius 1 is 0.605 bits per heavy atom. The Bertz CT molecular complexity index is 1220. The van der Waals surface area contributed by atoms with Crippen LogP contribution >= 0.6 is 0 Å². The van der Waals surface area contributed by atoms with E-state index in [1.54, 1.807) is 0 Å². The molecule has 38 heavy (non-hydrogen) atoms. The van der Waals surface area contributed by atoms with Crippen LogP contribution in [-0.2, 0) is 4.74 Å². The van der Waals surface area contributed by atoms with Crippen molar-refractivity contribution in [2.75, 3.05) is 0 Å². The number of hydrogen-bond acceptors (Lipinski definition) is 5. The highest BCUT2D eigenvalue weighted by molar-refractivity contribution is 5.60. The van der Waals surface area contributed by atoms with E-state index >= 15 is 0 Å². The first-order valence-electron chi connectivity index (χ1n) is 15.1. The minimum Gasteiger partial charge on any atom is -0.372 e. The first-order chi connectivity index (χ1) is 18.8. The highest BCUT2D eigenvalue weighted by atomic mass is 16.5. The fourth-order valence-corrected chi connectivity index (χ4v) is 8.95. The van der Waals surface area contributed by atoms with E-state index in [4.69, 9.17) is 19.7 Å². The van der Waals surface area contributed by atoms with Crippen LogP contribution in [0.5, 0.6) is 0 Å². The molecule has 1 aromatic heterocycles. The normalized spacial score (nSPS) is 36.2. The molecule has 0 bridgehead atoms. The number of nitrogens with zero attached hydrogens (tertiary/aromatic N) is 4. The minimum absolute atomic E-state index is 0.397. The molecular formula is C33H38N4O. The predicted molar refractivity (Wildman–Crippen MR) is 148 cm³/mol. The van der Waals surface area contributed by atoms with Gasteiger partial charge in [0.05, 0.1) is 12.2 Å². The molecule has 5 aliphatic rings. The van der Waals surface area contributed by atoms with Crippen molar-refractivity contribution in [3.05, 3.63) is 66.5 Å². The lowest BCUT2D eigenvalue weighted by Gasteiger charge is -2.53. The van der Waals surface area contributed by atoms with E-state index in [0.717, 1.165) is 46.5 Å². The molecule has 196 valence electrons. The van der Waals surface area contributed by atoms with Crippen LogP contribution in [0, 0.1) is 11.8 Å². The molecule has 2 aliphatic heterocycles. The Morgan fingerprint density at radius 2 is 1.29 bits per heavy atom. The molecule has 8 atom stereocenters. The van der Waals surface area contributed by atoms with Gasteiger partial charge < -0.3 is 4.74 Å². The number of fused-ring (bicyclic) bond motifs is 5. The molecule has 8 unspecified atom stereocenters. The Hall–Kier alpha value is -2.63. The van der Waals surface area contributed by atoms with Gasteiger partial charge in [-0.05, 0) is 56.8 Å². The maximum Gasteiger partial charge on any atom is 0.163 e. The summed E-state index contributed by atoms with van der Waals surface area (Å²) in [5, 5.41) is 0. The molecule has 5 heteroatoms.